The molecule has 0 saturated carbocycles. The number of benzene rings is 2. The van der Waals surface area contributed by atoms with E-state index in [1.807, 2.05) is 12.3 Å². The first-order valence-corrected chi connectivity index (χ1v) is 8.01. The van der Waals surface area contributed by atoms with Crippen molar-refractivity contribution in [1.82, 2.24) is 4.90 Å². The Bertz CT molecular complexity index is 789. The topological polar surface area (TPSA) is 39.9 Å². The molecule has 4 rings (SSSR count). The summed E-state index contributed by atoms with van der Waals surface area (Å²) in [6, 6.07) is 15.9. The van der Waals surface area contributed by atoms with Gasteiger partial charge in [0.1, 0.15) is 11.3 Å². The lowest BCUT2D eigenvalue weighted by Gasteiger charge is -2.36. The van der Waals surface area contributed by atoms with Crippen LogP contribution >= 0.6 is 0 Å². The largest absolute Gasteiger partial charge is 0.508 e. The molecule has 0 spiro atoms. The highest BCUT2D eigenvalue weighted by Gasteiger charge is 2.18. The Hall–Kier alpha value is -2.46. The Morgan fingerprint density at radius 2 is 1.74 bits per heavy atom. The molecular weight excluding hydrogens is 288 g/mol. The maximum absolute atomic E-state index is 9.52. The van der Waals surface area contributed by atoms with E-state index in [-0.39, 0.29) is 5.75 Å². The van der Waals surface area contributed by atoms with Crippen LogP contribution < -0.4 is 4.90 Å². The Kier molecular flexibility index (Phi) is 3.67. The van der Waals surface area contributed by atoms with Crippen LogP contribution in [0.25, 0.3) is 11.0 Å². The molecule has 2 heterocycles. The van der Waals surface area contributed by atoms with Crippen molar-refractivity contribution < 1.29 is 9.52 Å². The number of fused-ring (bicyclic) bond motifs is 1. The van der Waals surface area contributed by atoms with E-state index in [4.69, 9.17) is 4.42 Å². The molecule has 0 unspecified atom stereocenters. The van der Waals surface area contributed by atoms with Gasteiger partial charge in [0.2, 0.25) is 0 Å². The summed E-state index contributed by atoms with van der Waals surface area (Å²) in [4.78, 5) is 4.89. The summed E-state index contributed by atoms with van der Waals surface area (Å²) in [6.45, 7) is 5.06. The first-order valence-electron chi connectivity index (χ1n) is 8.01. The Balaban J connectivity index is 1.43. The molecular formula is C19H20N2O2. The normalized spacial score (nSPS) is 16.1. The Labute approximate surface area is 135 Å². The molecule has 1 aliphatic heterocycles. The number of piperazine rings is 1. The number of hydrogen-bond acceptors (Lipinski definition) is 4. The van der Waals surface area contributed by atoms with Crippen molar-refractivity contribution in [2.75, 3.05) is 31.1 Å². The lowest BCUT2D eigenvalue weighted by atomic mass is 10.1. The molecule has 118 valence electrons. The number of para-hydroxylation sites is 1. The molecule has 1 aliphatic rings. The summed E-state index contributed by atoms with van der Waals surface area (Å²) in [5, 5.41) is 10.6. The minimum absolute atomic E-state index is 0.245. The van der Waals surface area contributed by atoms with Crippen LogP contribution in [-0.4, -0.2) is 36.2 Å². The van der Waals surface area contributed by atoms with Gasteiger partial charge in [-0.05, 0) is 24.3 Å². The van der Waals surface area contributed by atoms with Crippen LogP contribution in [0.5, 0.6) is 5.75 Å². The van der Waals surface area contributed by atoms with Crippen molar-refractivity contribution in [3.63, 3.8) is 0 Å². The molecule has 1 saturated heterocycles. The summed E-state index contributed by atoms with van der Waals surface area (Å²) in [6.07, 6.45) is 1.81. The molecule has 3 aromatic rings. The minimum atomic E-state index is 0.245. The van der Waals surface area contributed by atoms with Crippen molar-refractivity contribution in [1.29, 1.82) is 0 Å². The summed E-state index contributed by atoms with van der Waals surface area (Å²) in [5.41, 5.74) is 3.24. The highest BCUT2D eigenvalue weighted by Crippen LogP contribution is 2.26. The smallest absolute Gasteiger partial charge is 0.137 e. The number of phenols is 1. The summed E-state index contributed by atoms with van der Waals surface area (Å²) in [5.74, 6) is 0.245. The van der Waals surface area contributed by atoms with E-state index in [0.29, 0.717) is 0 Å². The number of phenolic OH excluding ortho intramolecular Hbond substituents is 1. The monoisotopic (exact) mass is 308 g/mol. The van der Waals surface area contributed by atoms with Gasteiger partial charge in [0.25, 0.3) is 0 Å². The second-order valence-electron chi connectivity index (χ2n) is 6.04. The third-order valence-corrected chi connectivity index (χ3v) is 4.53. The lowest BCUT2D eigenvalue weighted by Crippen LogP contribution is -2.45. The molecule has 0 radical (unpaired) electrons. The van der Waals surface area contributed by atoms with E-state index in [1.54, 1.807) is 12.1 Å². The van der Waals surface area contributed by atoms with E-state index in [1.165, 1.54) is 11.3 Å². The number of nitrogens with zero attached hydrogens (tertiary/aromatic N) is 2. The molecule has 1 fully saturated rings. The molecule has 0 amide bonds. The second-order valence-corrected chi connectivity index (χ2v) is 6.04. The number of aromatic hydroxyl groups is 1. The van der Waals surface area contributed by atoms with Crippen molar-refractivity contribution in [2.24, 2.45) is 0 Å². The molecule has 23 heavy (non-hydrogen) atoms. The second kappa shape index (κ2) is 5.97. The molecule has 0 aliphatic carbocycles. The van der Waals surface area contributed by atoms with Gasteiger partial charge >= 0.3 is 0 Å². The number of rotatable bonds is 3. The predicted molar refractivity (Wildman–Crippen MR) is 91.8 cm³/mol. The van der Waals surface area contributed by atoms with Gasteiger partial charge in [0, 0.05) is 55.4 Å². The quantitative estimate of drug-likeness (QED) is 0.804. The van der Waals surface area contributed by atoms with Crippen LogP contribution in [0.2, 0.25) is 0 Å². The average molecular weight is 308 g/mol. The van der Waals surface area contributed by atoms with Gasteiger partial charge in [0.15, 0.2) is 0 Å². The Morgan fingerprint density at radius 3 is 2.52 bits per heavy atom. The van der Waals surface area contributed by atoms with Gasteiger partial charge in [-0.2, -0.15) is 0 Å². The SMILES string of the molecule is Oc1ccc2c(CN3CCN(c4ccccc4)CC3)coc2c1. The lowest BCUT2D eigenvalue weighted by molar-refractivity contribution is 0.250. The van der Waals surface area contributed by atoms with E-state index in [2.05, 4.69) is 40.1 Å². The van der Waals surface area contributed by atoms with Crippen LogP contribution in [0.1, 0.15) is 5.56 Å². The maximum Gasteiger partial charge on any atom is 0.137 e. The Morgan fingerprint density at radius 1 is 0.957 bits per heavy atom. The summed E-state index contributed by atoms with van der Waals surface area (Å²) in [7, 11) is 0. The van der Waals surface area contributed by atoms with Gasteiger partial charge < -0.3 is 14.4 Å². The van der Waals surface area contributed by atoms with Crippen LogP contribution in [0.4, 0.5) is 5.69 Å². The molecule has 0 bridgehead atoms. The average Bonchev–Trinajstić information content (AvgIpc) is 2.98. The molecule has 2 aromatic carbocycles. The zero-order valence-electron chi connectivity index (χ0n) is 13.0. The number of anilines is 1. The fraction of sp³-hybridized carbons (Fsp3) is 0.263. The molecule has 1 N–H and O–H groups in total. The van der Waals surface area contributed by atoms with Crippen LogP contribution in [0.15, 0.2) is 59.2 Å². The number of furan rings is 1. The van der Waals surface area contributed by atoms with E-state index >= 15 is 0 Å². The highest BCUT2D eigenvalue weighted by molar-refractivity contribution is 5.82. The number of hydrogen-bond donors (Lipinski definition) is 1. The van der Waals surface area contributed by atoms with Gasteiger partial charge in [-0.3, -0.25) is 4.90 Å². The van der Waals surface area contributed by atoms with E-state index < -0.39 is 0 Å². The fourth-order valence-corrected chi connectivity index (χ4v) is 3.24. The van der Waals surface area contributed by atoms with Crippen LogP contribution in [-0.2, 0) is 6.54 Å². The van der Waals surface area contributed by atoms with Gasteiger partial charge in [-0.15, -0.1) is 0 Å². The zero-order valence-corrected chi connectivity index (χ0v) is 13.0. The minimum Gasteiger partial charge on any atom is -0.508 e. The highest BCUT2D eigenvalue weighted by atomic mass is 16.3. The van der Waals surface area contributed by atoms with Gasteiger partial charge in [-0.25, -0.2) is 0 Å². The molecule has 0 atom stereocenters. The third kappa shape index (κ3) is 2.90. The van der Waals surface area contributed by atoms with Gasteiger partial charge in [-0.1, -0.05) is 18.2 Å². The van der Waals surface area contributed by atoms with Crippen molar-refractivity contribution in [3.8, 4) is 5.75 Å². The standard InChI is InChI=1S/C19H20N2O2/c22-17-6-7-18-15(14-23-19(18)12-17)13-20-8-10-21(11-9-20)16-4-2-1-3-5-16/h1-7,12,14,22H,8-11,13H2. The van der Waals surface area contributed by atoms with Crippen molar-refractivity contribution in [3.05, 3.63) is 60.4 Å². The van der Waals surface area contributed by atoms with E-state index in [0.717, 1.165) is 43.7 Å². The maximum atomic E-state index is 9.52. The fourth-order valence-electron chi connectivity index (χ4n) is 3.24. The summed E-state index contributed by atoms with van der Waals surface area (Å²) < 4.78 is 5.56. The first-order chi connectivity index (χ1) is 11.3. The first kappa shape index (κ1) is 14.2. The zero-order chi connectivity index (χ0) is 15.6. The molecule has 1 aromatic heterocycles. The molecule has 4 nitrogen and oxygen atoms in total. The van der Waals surface area contributed by atoms with Gasteiger partial charge in [0.05, 0.1) is 6.26 Å². The van der Waals surface area contributed by atoms with Crippen LogP contribution in [0, 0.1) is 0 Å². The van der Waals surface area contributed by atoms with Crippen LogP contribution in [0.3, 0.4) is 0 Å². The molecule has 4 heteroatoms. The van der Waals surface area contributed by atoms with E-state index in [9.17, 15) is 5.11 Å². The third-order valence-electron chi connectivity index (χ3n) is 4.53. The van der Waals surface area contributed by atoms with Crippen molar-refractivity contribution in [2.45, 2.75) is 6.54 Å². The summed E-state index contributed by atoms with van der Waals surface area (Å²) >= 11 is 0. The van der Waals surface area contributed by atoms with Crippen molar-refractivity contribution >= 4 is 16.7 Å². The predicted octanol–water partition coefficient (Wildman–Crippen LogP) is 3.46.